The van der Waals surface area contributed by atoms with Gasteiger partial charge in [-0.05, 0) is 36.8 Å². The Bertz CT molecular complexity index is 1410. The third-order valence-corrected chi connectivity index (χ3v) is 8.78. The third kappa shape index (κ3) is 6.61. The summed E-state index contributed by atoms with van der Waals surface area (Å²) in [6, 6.07) is 18.5. The zero-order valence-electron chi connectivity index (χ0n) is 17.7. The van der Waals surface area contributed by atoms with E-state index < -0.39 is 30.9 Å². The van der Waals surface area contributed by atoms with Crippen LogP contribution in [-0.4, -0.2) is 39.1 Å². The van der Waals surface area contributed by atoms with Crippen LogP contribution in [0.2, 0.25) is 0 Å². The van der Waals surface area contributed by atoms with Crippen LogP contribution in [0.15, 0.2) is 54.6 Å². The van der Waals surface area contributed by atoms with Gasteiger partial charge in [0.25, 0.3) is 5.91 Å². The van der Waals surface area contributed by atoms with Gasteiger partial charge in [0.1, 0.15) is 5.69 Å². The number of thiazole rings is 1. The molecule has 1 N–H and O–H groups in total. The van der Waals surface area contributed by atoms with Gasteiger partial charge in [0.15, 0.2) is 20.1 Å². The molecule has 0 atom stereocenters. The average molecular weight is 505 g/mol. The SMILES string of the molecule is Cc1sc(N(Cc2ccccc2)c2ccc(C#N)cc2)nc1C(=O)NS(=O)(=O)CS(C)(=O)=O. The van der Waals surface area contributed by atoms with Gasteiger partial charge in [0.05, 0.1) is 18.2 Å². The third-order valence-electron chi connectivity index (χ3n) is 4.34. The van der Waals surface area contributed by atoms with E-state index in [1.807, 2.05) is 35.2 Å². The summed E-state index contributed by atoms with van der Waals surface area (Å²) < 4.78 is 48.5. The molecule has 0 aliphatic rings. The maximum absolute atomic E-state index is 12.6. The van der Waals surface area contributed by atoms with Crippen molar-refractivity contribution in [2.24, 2.45) is 0 Å². The second-order valence-corrected chi connectivity index (χ2v) is 12.6. The van der Waals surface area contributed by atoms with Gasteiger partial charge in [-0.3, -0.25) is 4.79 Å². The molecule has 0 radical (unpaired) electrons. The maximum Gasteiger partial charge on any atom is 0.284 e. The fourth-order valence-electron chi connectivity index (χ4n) is 2.96. The molecule has 0 spiro atoms. The molecule has 9 nitrogen and oxygen atoms in total. The van der Waals surface area contributed by atoms with E-state index in [9.17, 15) is 21.6 Å². The number of carbonyl (C=O) groups excluding carboxylic acids is 1. The predicted octanol–water partition coefficient (Wildman–Crippen LogP) is 2.72. The number of aryl methyl sites for hydroxylation is 1. The number of rotatable bonds is 8. The van der Waals surface area contributed by atoms with Crippen molar-refractivity contribution in [3.05, 3.63) is 76.3 Å². The van der Waals surface area contributed by atoms with E-state index in [1.165, 1.54) is 11.3 Å². The number of nitriles is 1. The normalized spacial score (nSPS) is 11.5. The molecule has 3 aromatic rings. The molecule has 0 fully saturated rings. The number of carbonyl (C=O) groups is 1. The summed E-state index contributed by atoms with van der Waals surface area (Å²) in [6.45, 7) is 2.03. The molecule has 172 valence electrons. The Morgan fingerprint density at radius 3 is 2.30 bits per heavy atom. The van der Waals surface area contributed by atoms with E-state index >= 15 is 0 Å². The molecule has 0 aliphatic heterocycles. The smallest absolute Gasteiger partial charge is 0.284 e. The van der Waals surface area contributed by atoms with Gasteiger partial charge in [0.2, 0.25) is 10.0 Å². The largest absolute Gasteiger partial charge is 0.313 e. The Morgan fingerprint density at radius 1 is 1.09 bits per heavy atom. The number of benzene rings is 2. The molecular weight excluding hydrogens is 484 g/mol. The summed E-state index contributed by atoms with van der Waals surface area (Å²) >= 11 is 1.19. The van der Waals surface area contributed by atoms with Crippen molar-refractivity contribution in [3.8, 4) is 6.07 Å². The van der Waals surface area contributed by atoms with Gasteiger partial charge in [-0.15, -0.1) is 11.3 Å². The fraction of sp³-hybridized carbons (Fsp3) is 0.190. The van der Waals surface area contributed by atoms with Crippen molar-refractivity contribution >= 4 is 47.9 Å². The van der Waals surface area contributed by atoms with Crippen LogP contribution in [-0.2, 0) is 26.4 Å². The number of aromatic nitrogens is 1. The van der Waals surface area contributed by atoms with Crippen molar-refractivity contribution in [1.82, 2.24) is 9.71 Å². The fourth-order valence-corrected chi connectivity index (χ4v) is 6.76. The highest BCUT2D eigenvalue weighted by molar-refractivity contribution is 8.07. The van der Waals surface area contributed by atoms with Crippen molar-refractivity contribution < 1.29 is 21.6 Å². The summed E-state index contributed by atoms with van der Waals surface area (Å²) in [5, 5.41) is 8.31. The van der Waals surface area contributed by atoms with Crippen molar-refractivity contribution in [3.63, 3.8) is 0 Å². The highest BCUT2D eigenvalue weighted by atomic mass is 32.3. The van der Waals surface area contributed by atoms with Gasteiger partial charge in [0, 0.05) is 16.8 Å². The molecule has 2 aromatic carbocycles. The van der Waals surface area contributed by atoms with Crippen LogP contribution in [0.25, 0.3) is 0 Å². The number of nitrogens with zero attached hydrogens (tertiary/aromatic N) is 3. The summed E-state index contributed by atoms with van der Waals surface area (Å²) in [5.41, 5.74) is 2.07. The van der Waals surface area contributed by atoms with Crippen LogP contribution in [0.3, 0.4) is 0 Å². The summed E-state index contributed by atoms with van der Waals surface area (Å²) in [5.74, 6) is -1.00. The van der Waals surface area contributed by atoms with Crippen molar-refractivity contribution in [1.29, 1.82) is 5.26 Å². The molecular formula is C21H20N4O5S3. The van der Waals surface area contributed by atoms with Crippen LogP contribution in [0.1, 0.15) is 26.5 Å². The van der Waals surface area contributed by atoms with Crippen LogP contribution >= 0.6 is 11.3 Å². The molecule has 33 heavy (non-hydrogen) atoms. The van der Waals surface area contributed by atoms with Gasteiger partial charge < -0.3 is 4.90 Å². The lowest BCUT2D eigenvalue weighted by atomic mass is 10.2. The summed E-state index contributed by atoms with van der Waals surface area (Å²) in [7, 11) is -8.25. The van der Waals surface area contributed by atoms with Gasteiger partial charge in [-0.2, -0.15) is 5.26 Å². The van der Waals surface area contributed by atoms with Crippen molar-refractivity contribution in [2.75, 3.05) is 16.2 Å². The maximum atomic E-state index is 12.6. The summed E-state index contributed by atoms with van der Waals surface area (Å²) in [6.07, 6.45) is 0.766. The number of sulfone groups is 1. The first-order chi connectivity index (χ1) is 15.5. The van der Waals surface area contributed by atoms with E-state index in [1.54, 1.807) is 35.9 Å². The molecule has 0 unspecified atom stereocenters. The zero-order valence-corrected chi connectivity index (χ0v) is 20.2. The van der Waals surface area contributed by atoms with Crippen LogP contribution in [0.5, 0.6) is 0 Å². The van der Waals surface area contributed by atoms with Crippen molar-refractivity contribution in [2.45, 2.75) is 13.5 Å². The molecule has 0 aliphatic carbocycles. The quantitative estimate of drug-likeness (QED) is 0.494. The lowest BCUT2D eigenvalue weighted by Crippen LogP contribution is -2.35. The molecule has 1 aromatic heterocycles. The number of nitrogens with one attached hydrogen (secondary N) is 1. The minimum Gasteiger partial charge on any atom is -0.313 e. The molecule has 12 heteroatoms. The van der Waals surface area contributed by atoms with E-state index in [-0.39, 0.29) is 5.69 Å². The van der Waals surface area contributed by atoms with Gasteiger partial charge in [-0.1, -0.05) is 30.3 Å². The van der Waals surface area contributed by atoms with Crippen LogP contribution in [0, 0.1) is 18.3 Å². The predicted molar refractivity (Wildman–Crippen MR) is 126 cm³/mol. The van der Waals surface area contributed by atoms with E-state index in [0.29, 0.717) is 22.1 Å². The number of hydrogen-bond donors (Lipinski definition) is 1. The van der Waals surface area contributed by atoms with Gasteiger partial charge in [-0.25, -0.2) is 26.5 Å². The molecule has 0 saturated heterocycles. The minimum absolute atomic E-state index is 0.112. The van der Waals surface area contributed by atoms with E-state index in [4.69, 9.17) is 5.26 Å². The van der Waals surface area contributed by atoms with E-state index in [2.05, 4.69) is 11.1 Å². The first-order valence-electron chi connectivity index (χ1n) is 9.49. The Morgan fingerprint density at radius 2 is 1.73 bits per heavy atom. The Labute approximate surface area is 196 Å². The first-order valence-corrected chi connectivity index (χ1v) is 14.0. The highest BCUT2D eigenvalue weighted by Crippen LogP contribution is 2.33. The number of sulfonamides is 1. The Balaban J connectivity index is 1.95. The first kappa shape index (κ1) is 24.4. The molecule has 3 rings (SSSR count). The minimum atomic E-state index is -4.39. The van der Waals surface area contributed by atoms with Crippen LogP contribution < -0.4 is 9.62 Å². The Kier molecular flexibility index (Phi) is 7.16. The standard InChI is InChI=1S/C21H20N4O5S3/c1-15-19(20(26)24-33(29,30)14-32(2,27)28)23-21(31-15)25(13-17-6-4-3-5-7-17)18-10-8-16(12-22)9-11-18/h3-11H,13-14H2,1-2H3,(H,24,26). The molecule has 1 amide bonds. The molecule has 0 bridgehead atoms. The van der Waals surface area contributed by atoms with E-state index in [0.717, 1.165) is 17.5 Å². The number of anilines is 2. The monoisotopic (exact) mass is 504 g/mol. The second-order valence-electron chi connectivity index (χ2n) is 7.22. The number of amides is 1. The second kappa shape index (κ2) is 9.70. The lowest BCUT2D eigenvalue weighted by Gasteiger charge is -2.22. The van der Waals surface area contributed by atoms with Crippen LogP contribution in [0.4, 0.5) is 10.8 Å². The zero-order chi connectivity index (χ0) is 24.2. The van der Waals surface area contributed by atoms with Gasteiger partial charge >= 0.3 is 0 Å². The summed E-state index contributed by atoms with van der Waals surface area (Å²) in [4.78, 5) is 19.3. The molecule has 0 saturated carbocycles. The highest BCUT2D eigenvalue weighted by Gasteiger charge is 2.26. The average Bonchev–Trinajstić information content (AvgIpc) is 3.12. The molecule has 1 heterocycles. The number of hydrogen-bond acceptors (Lipinski definition) is 9. The lowest BCUT2D eigenvalue weighted by molar-refractivity contribution is 0.0977. The Hall–Kier alpha value is -3.27. The topological polar surface area (TPSA) is 137 Å².